The Morgan fingerprint density at radius 2 is 2.26 bits per heavy atom. The monoisotopic (exact) mass is 262 g/mol. The van der Waals surface area contributed by atoms with Crippen molar-refractivity contribution in [2.45, 2.75) is 26.2 Å². The molecule has 3 heteroatoms. The van der Waals surface area contributed by atoms with E-state index in [0.717, 1.165) is 26.2 Å². The number of benzene rings is 1. The van der Waals surface area contributed by atoms with Crippen LogP contribution in [0.2, 0.25) is 0 Å². The Labute approximate surface area is 116 Å². The van der Waals surface area contributed by atoms with Gasteiger partial charge in [-0.3, -0.25) is 0 Å². The molecule has 19 heavy (non-hydrogen) atoms. The van der Waals surface area contributed by atoms with E-state index in [4.69, 9.17) is 10.5 Å². The highest BCUT2D eigenvalue weighted by molar-refractivity contribution is 5.54. The van der Waals surface area contributed by atoms with Crippen molar-refractivity contribution in [2.75, 3.05) is 38.3 Å². The molecule has 3 nitrogen and oxygen atoms in total. The predicted molar refractivity (Wildman–Crippen MR) is 80.8 cm³/mol. The van der Waals surface area contributed by atoms with Crippen LogP contribution >= 0.6 is 0 Å². The van der Waals surface area contributed by atoms with Crippen LogP contribution in [0.3, 0.4) is 0 Å². The molecule has 1 heterocycles. The van der Waals surface area contributed by atoms with E-state index in [0.29, 0.717) is 12.5 Å². The fraction of sp³-hybridized carbons (Fsp3) is 0.625. The first-order chi connectivity index (χ1) is 9.20. The molecule has 2 rings (SSSR count). The van der Waals surface area contributed by atoms with Gasteiger partial charge in [0.05, 0.1) is 6.61 Å². The first kappa shape index (κ1) is 14.4. The van der Waals surface area contributed by atoms with Crippen molar-refractivity contribution in [1.82, 2.24) is 0 Å². The van der Waals surface area contributed by atoms with E-state index in [1.54, 1.807) is 0 Å². The Hall–Kier alpha value is -1.06. The van der Waals surface area contributed by atoms with Crippen LogP contribution in [0.15, 0.2) is 18.2 Å². The molecule has 106 valence electrons. The van der Waals surface area contributed by atoms with E-state index < -0.39 is 0 Å². The first-order valence-corrected chi connectivity index (χ1v) is 7.29. The minimum Gasteiger partial charge on any atom is -0.381 e. The zero-order valence-electron chi connectivity index (χ0n) is 12.2. The molecule has 1 atom stereocenters. The molecule has 0 aromatic heterocycles. The summed E-state index contributed by atoms with van der Waals surface area (Å²) in [5.41, 5.74) is 9.60. The van der Waals surface area contributed by atoms with E-state index in [1.165, 1.54) is 29.7 Å². The first-order valence-electron chi connectivity index (χ1n) is 7.29. The highest BCUT2D eigenvalue weighted by Crippen LogP contribution is 2.23. The van der Waals surface area contributed by atoms with E-state index in [1.807, 2.05) is 0 Å². The van der Waals surface area contributed by atoms with E-state index >= 15 is 0 Å². The van der Waals surface area contributed by atoms with Crippen molar-refractivity contribution in [3.63, 3.8) is 0 Å². The SMILES string of the molecule is Cc1cc(CCN)ccc1N(C)CC1CCCOC1. The molecule has 2 N–H and O–H groups in total. The lowest BCUT2D eigenvalue weighted by atomic mass is 10.0. The molecule has 1 aromatic carbocycles. The average molecular weight is 262 g/mol. The lowest BCUT2D eigenvalue weighted by molar-refractivity contribution is 0.0576. The largest absolute Gasteiger partial charge is 0.381 e. The Morgan fingerprint density at radius 1 is 1.42 bits per heavy atom. The van der Waals surface area contributed by atoms with Gasteiger partial charge in [0.1, 0.15) is 0 Å². The van der Waals surface area contributed by atoms with Crippen LogP contribution in [0.25, 0.3) is 0 Å². The maximum atomic E-state index is 5.61. The van der Waals surface area contributed by atoms with Gasteiger partial charge in [-0.15, -0.1) is 0 Å². The van der Waals surface area contributed by atoms with Gasteiger partial charge in [-0.25, -0.2) is 0 Å². The number of aryl methyl sites for hydroxylation is 1. The van der Waals surface area contributed by atoms with Gasteiger partial charge >= 0.3 is 0 Å². The van der Waals surface area contributed by atoms with Crippen molar-refractivity contribution in [1.29, 1.82) is 0 Å². The molecule has 0 bridgehead atoms. The van der Waals surface area contributed by atoms with Gasteiger partial charge in [0, 0.05) is 25.9 Å². The van der Waals surface area contributed by atoms with Gasteiger partial charge in [-0.2, -0.15) is 0 Å². The molecule has 0 radical (unpaired) electrons. The number of rotatable bonds is 5. The Morgan fingerprint density at radius 3 is 2.89 bits per heavy atom. The minimum absolute atomic E-state index is 0.668. The summed E-state index contributed by atoms with van der Waals surface area (Å²) < 4.78 is 5.56. The Balaban J connectivity index is 1.99. The average Bonchev–Trinajstić information content (AvgIpc) is 2.40. The molecule has 1 aliphatic heterocycles. The predicted octanol–water partition coefficient (Wildman–Crippen LogP) is 2.36. The summed E-state index contributed by atoms with van der Waals surface area (Å²) in [5.74, 6) is 0.668. The van der Waals surface area contributed by atoms with Gasteiger partial charge < -0.3 is 15.4 Å². The van der Waals surface area contributed by atoms with Crippen molar-refractivity contribution in [3.8, 4) is 0 Å². The summed E-state index contributed by atoms with van der Waals surface area (Å²) in [6.07, 6.45) is 3.45. The second kappa shape index (κ2) is 6.92. The maximum Gasteiger partial charge on any atom is 0.0511 e. The van der Waals surface area contributed by atoms with Crippen LogP contribution in [-0.2, 0) is 11.2 Å². The number of hydrogen-bond acceptors (Lipinski definition) is 3. The number of hydrogen-bond donors (Lipinski definition) is 1. The normalized spacial score (nSPS) is 19.4. The summed E-state index contributed by atoms with van der Waals surface area (Å²) >= 11 is 0. The van der Waals surface area contributed by atoms with Crippen molar-refractivity contribution < 1.29 is 4.74 Å². The van der Waals surface area contributed by atoms with Crippen LogP contribution in [0.4, 0.5) is 5.69 Å². The lowest BCUT2D eigenvalue weighted by Crippen LogP contribution is -2.31. The topological polar surface area (TPSA) is 38.5 Å². The molecule has 1 fully saturated rings. The molecule has 0 amide bonds. The van der Waals surface area contributed by atoms with Gasteiger partial charge in [0.25, 0.3) is 0 Å². The van der Waals surface area contributed by atoms with Crippen LogP contribution < -0.4 is 10.6 Å². The van der Waals surface area contributed by atoms with Crippen LogP contribution in [0.1, 0.15) is 24.0 Å². The third-order valence-corrected chi connectivity index (χ3v) is 3.89. The van der Waals surface area contributed by atoms with Gasteiger partial charge in [0.15, 0.2) is 0 Å². The van der Waals surface area contributed by atoms with Crippen molar-refractivity contribution in [3.05, 3.63) is 29.3 Å². The van der Waals surface area contributed by atoms with Gasteiger partial charge in [-0.1, -0.05) is 12.1 Å². The van der Waals surface area contributed by atoms with E-state index in [9.17, 15) is 0 Å². The van der Waals surface area contributed by atoms with Crippen LogP contribution in [0, 0.1) is 12.8 Å². The number of ether oxygens (including phenoxy) is 1. The standard InChI is InChI=1S/C16H26N2O/c1-13-10-14(7-8-17)5-6-16(13)18(2)11-15-4-3-9-19-12-15/h5-6,10,15H,3-4,7-9,11-12,17H2,1-2H3. The lowest BCUT2D eigenvalue weighted by Gasteiger charge is -2.29. The quantitative estimate of drug-likeness (QED) is 0.885. The summed E-state index contributed by atoms with van der Waals surface area (Å²) in [6, 6.07) is 6.68. The minimum atomic E-state index is 0.668. The van der Waals surface area contributed by atoms with Crippen molar-refractivity contribution in [2.24, 2.45) is 11.7 Å². The molecule has 1 unspecified atom stereocenters. The van der Waals surface area contributed by atoms with E-state index in [-0.39, 0.29) is 0 Å². The third kappa shape index (κ3) is 3.95. The Bertz CT molecular complexity index is 400. The smallest absolute Gasteiger partial charge is 0.0511 e. The summed E-state index contributed by atoms with van der Waals surface area (Å²) in [5, 5.41) is 0. The zero-order valence-corrected chi connectivity index (χ0v) is 12.2. The molecular formula is C16H26N2O. The molecule has 1 saturated heterocycles. The molecule has 0 spiro atoms. The number of nitrogens with two attached hydrogens (primary N) is 1. The highest BCUT2D eigenvalue weighted by Gasteiger charge is 2.16. The third-order valence-electron chi connectivity index (χ3n) is 3.89. The molecular weight excluding hydrogens is 236 g/mol. The highest BCUT2D eigenvalue weighted by atomic mass is 16.5. The van der Waals surface area contributed by atoms with Gasteiger partial charge in [-0.05, 0) is 55.8 Å². The fourth-order valence-corrected chi connectivity index (χ4v) is 2.91. The van der Waals surface area contributed by atoms with E-state index in [2.05, 4.69) is 37.1 Å². The second-order valence-corrected chi connectivity index (χ2v) is 5.62. The Kier molecular flexibility index (Phi) is 5.23. The maximum absolute atomic E-state index is 5.61. The summed E-state index contributed by atoms with van der Waals surface area (Å²) in [7, 11) is 2.18. The zero-order chi connectivity index (χ0) is 13.7. The molecule has 0 aliphatic carbocycles. The molecule has 1 aliphatic rings. The van der Waals surface area contributed by atoms with Crippen LogP contribution in [0.5, 0.6) is 0 Å². The summed E-state index contributed by atoms with van der Waals surface area (Å²) in [4.78, 5) is 2.36. The van der Waals surface area contributed by atoms with Crippen molar-refractivity contribution >= 4 is 5.69 Å². The fourth-order valence-electron chi connectivity index (χ4n) is 2.91. The number of nitrogens with zero attached hydrogens (tertiary/aromatic N) is 1. The van der Waals surface area contributed by atoms with Gasteiger partial charge in [0.2, 0.25) is 0 Å². The van der Waals surface area contributed by atoms with Crippen LogP contribution in [-0.4, -0.2) is 33.4 Å². The molecule has 1 aromatic rings. The second-order valence-electron chi connectivity index (χ2n) is 5.62. The number of anilines is 1. The summed E-state index contributed by atoms with van der Waals surface area (Å²) in [6.45, 7) is 5.83. The molecule has 0 saturated carbocycles.